The van der Waals surface area contributed by atoms with Gasteiger partial charge in [0.25, 0.3) is 5.91 Å². The zero-order valence-corrected chi connectivity index (χ0v) is 19.5. The molecule has 5 nitrogen and oxygen atoms in total. The number of rotatable bonds is 5. The number of aryl methyl sites for hydroxylation is 2. The van der Waals surface area contributed by atoms with Gasteiger partial charge in [0.15, 0.2) is 0 Å². The highest BCUT2D eigenvalue weighted by Crippen LogP contribution is 2.27. The van der Waals surface area contributed by atoms with E-state index >= 15 is 0 Å². The second-order valence-corrected chi connectivity index (χ2v) is 10.6. The molecule has 3 rings (SSSR count). The molecule has 0 radical (unpaired) electrons. The van der Waals surface area contributed by atoms with Gasteiger partial charge in [-0.1, -0.05) is 36.7 Å². The summed E-state index contributed by atoms with van der Waals surface area (Å²) >= 11 is 6.25. The quantitative estimate of drug-likeness (QED) is 0.709. The number of hydrogen-bond donors (Lipinski definition) is 1. The maximum absolute atomic E-state index is 13.0. The molecule has 1 heterocycles. The third-order valence-corrected chi connectivity index (χ3v) is 8.17. The molecule has 2 aromatic carbocycles. The molecule has 7 heteroatoms. The molecule has 0 aliphatic carbocycles. The standard InChI is InChI=1S/C23H29ClN2O3S/c1-15-9-11-26(12-10-15)30(28,29)20-7-8-22(24)21(14-20)23(27)25-18(4)19-6-5-16(2)17(3)13-19/h5-8,13-15,18H,9-12H2,1-4H3,(H,25,27). The van der Waals surface area contributed by atoms with E-state index in [9.17, 15) is 13.2 Å². The molecule has 1 aliphatic rings. The van der Waals surface area contributed by atoms with E-state index < -0.39 is 15.9 Å². The van der Waals surface area contributed by atoms with Crippen LogP contribution in [0.3, 0.4) is 0 Å². The highest BCUT2D eigenvalue weighted by atomic mass is 35.5. The summed E-state index contributed by atoms with van der Waals surface area (Å²) in [7, 11) is -3.65. The molecule has 1 unspecified atom stereocenters. The number of hydrogen-bond acceptors (Lipinski definition) is 3. The van der Waals surface area contributed by atoms with Crippen LogP contribution < -0.4 is 5.32 Å². The molecule has 0 saturated carbocycles. The lowest BCUT2D eigenvalue weighted by atomic mass is 10.0. The molecule has 1 saturated heterocycles. The Labute approximate surface area is 184 Å². The van der Waals surface area contributed by atoms with Gasteiger partial charge in [-0.05, 0) is 74.4 Å². The number of carbonyl (C=O) groups is 1. The van der Waals surface area contributed by atoms with E-state index in [-0.39, 0.29) is 21.5 Å². The molecule has 0 aromatic heterocycles. The zero-order chi connectivity index (χ0) is 22.1. The van der Waals surface area contributed by atoms with E-state index in [1.807, 2.05) is 39.0 Å². The van der Waals surface area contributed by atoms with E-state index in [1.165, 1.54) is 28.1 Å². The maximum atomic E-state index is 13.0. The summed E-state index contributed by atoms with van der Waals surface area (Å²) in [4.78, 5) is 13.0. The van der Waals surface area contributed by atoms with Gasteiger partial charge in [0.05, 0.1) is 21.5 Å². The monoisotopic (exact) mass is 448 g/mol. The van der Waals surface area contributed by atoms with E-state index in [0.29, 0.717) is 19.0 Å². The Morgan fingerprint density at radius 2 is 1.77 bits per heavy atom. The number of halogens is 1. The molecule has 1 aliphatic heterocycles. The van der Waals surface area contributed by atoms with Crippen LogP contribution in [0.25, 0.3) is 0 Å². The van der Waals surface area contributed by atoms with Crippen LogP contribution in [0, 0.1) is 19.8 Å². The fraction of sp³-hybridized carbons (Fsp3) is 0.435. The Hall–Kier alpha value is -1.89. The van der Waals surface area contributed by atoms with Crippen molar-refractivity contribution in [1.82, 2.24) is 9.62 Å². The van der Waals surface area contributed by atoms with Crippen molar-refractivity contribution in [2.45, 2.75) is 51.5 Å². The van der Waals surface area contributed by atoms with Gasteiger partial charge in [-0.3, -0.25) is 4.79 Å². The first-order chi connectivity index (χ1) is 14.1. The average molecular weight is 449 g/mol. The van der Waals surface area contributed by atoms with Gasteiger partial charge in [-0.15, -0.1) is 0 Å². The minimum Gasteiger partial charge on any atom is -0.345 e. The van der Waals surface area contributed by atoms with E-state index in [2.05, 4.69) is 12.2 Å². The maximum Gasteiger partial charge on any atom is 0.253 e. The Kier molecular flexibility index (Phi) is 6.90. The largest absolute Gasteiger partial charge is 0.345 e. The van der Waals surface area contributed by atoms with Gasteiger partial charge in [-0.25, -0.2) is 8.42 Å². The van der Waals surface area contributed by atoms with Crippen LogP contribution in [0.15, 0.2) is 41.3 Å². The molecular weight excluding hydrogens is 420 g/mol. The summed E-state index contributed by atoms with van der Waals surface area (Å²) in [6.07, 6.45) is 1.68. The van der Waals surface area contributed by atoms with Gasteiger partial charge < -0.3 is 5.32 Å². The number of nitrogens with one attached hydrogen (secondary N) is 1. The lowest BCUT2D eigenvalue weighted by molar-refractivity contribution is 0.0940. The molecule has 1 fully saturated rings. The first kappa shape index (κ1) is 22.8. The molecule has 0 spiro atoms. The topological polar surface area (TPSA) is 66.5 Å². The van der Waals surface area contributed by atoms with Crippen LogP contribution in [0.2, 0.25) is 5.02 Å². The number of piperidine rings is 1. The number of carbonyl (C=O) groups excluding carboxylic acids is 1. The van der Waals surface area contributed by atoms with E-state index in [4.69, 9.17) is 11.6 Å². The summed E-state index contributed by atoms with van der Waals surface area (Å²) < 4.78 is 27.6. The summed E-state index contributed by atoms with van der Waals surface area (Å²) in [5.74, 6) is 0.130. The number of amides is 1. The molecule has 1 atom stereocenters. The molecule has 1 amide bonds. The number of benzene rings is 2. The highest BCUT2D eigenvalue weighted by Gasteiger charge is 2.29. The lowest BCUT2D eigenvalue weighted by Crippen LogP contribution is -2.38. The van der Waals surface area contributed by atoms with Gasteiger partial charge in [0.1, 0.15) is 0 Å². The molecule has 1 N–H and O–H groups in total. The minimum absolute atomic E-state index is 0.102. The Morgan fingerprint density at radius 3 is 2.40 bits per heavy atom. The van der Waals surface area contributed by atoms with Crippen LogP contribution in [0.1, 0.15) is 59.8 Å². The molecular formula is C23H29ClN2O3S. The van der Waals surface area contributed by atoms with Crippen LogP contribution in [0.5, 0.6) is 0 Å². The van der Waals surface area contributed by atoms with Crippen molar-refractivity contribution < 1.29 is 13.2 Å². The van der Waals surface area contributed by atoms with Gasteiger partial charge in [-0.2, -0.15) is 4.31 Å². The van der Waals surface area contributed by atoms with E-state index in [0.717, 1.165) is 24.0 Å². The van der Waals surface area contributed by atoms with Crippen molar-refractivity contribution in [2.75, 3.05) is 13.1 Å². The Morgan fingerprint density at radius 1 is 1.10 bits per heavy atom. The summed E-state index contributed by atoms with van der Waals surface area (Å²) in [5.41, 5.74) is 3.48. The van der Waals surface area contributed by atoms with Crippen molar-refractivity contribution in [3.8, 4) is 0 Å². The van der Waals surface area contributed by atoms with Crippen LogP contribution in [-0.4, -0.2) is 31.7 Å². The smallest absolute Gasteiger partial charge is 0.253 e. The normalized spacial score (nSPS) is 17.0. The first-order valence-corrected chi connectivity index (χ1v) is 12.1. The highest BCUT2D eigenvalue weighted by molar-refractivity contribution is 7.89. The predicted octanol–water partition coefficient (Wildman–Crippen LogP) is 4.87. The third-order valence-electron chi connectivity index (χ3n) is 5.94. The van der Waals surface area contributed by atoms with Gasteiger partial charge in [0, 0.05) is 13.1 Å². The zero-order valence-electron chi connectivity index (χ0n) is 17.9. The van der Waals surface area contributed by atoms with Crippen molar-refractivity contribution in [1.29, 1.82) is 0 Å². The molecule has 30 heavy (non-hydrogen) atoms. The Bertz CT molecular complexity index is 1040. The lowest BCUT2D eigenvalue weighted by Gasteiger charge is -2.29. The Balaban J connectivity index is 1.82. The second kappa shape index (κ2) is 9.08. The minimum atomic E-state index is -3.65. The van der Waals surface area contributed by atoms with E-state index in [1.54, 1.807) is 0 Å². The van der Waals surface area contributed by atoms with Crippen molar-refractivity contribution in [3.05, 3.63) is 63.7 Å². The van der Waals surface area contributed by atoms with Gasteiger partial charge >= 0.3 is 0 Å². The number of nitrogens with zero attached hydrogens (tertiary/aromatic N) is 1. The predicted molar refractivity (Wildman–Crippen MR) is 120 cm³/mol. The van der Waals surface area contributed by atoms with Crippen LogP contribution in [0.4, 0.5) is 0 Å². The summed E-state index contributed by atoms with van der Waals surface area (Å²) in [6.45, 7) is 9.09. The third kappa shape index (κ3) is 4.88. The summed E-state index contributed by atoms with van der Waals surface area (Å²) in [6, 6.07) is 10.1. The van der Waals surface area contributed by atoms with Gasteiger partial charge in [0.2, 0.25) is 10.0 Å². The second-order valence-electron chi connectivity index (χ2n) is 8.27. The molecule has 162 valence electrons. The SMILES string of the molecule is Cc1ccc(C(C)NC(=O)c2cc(S(=O)(=O)N3CCC(C)CC3)ccc2Cl)cc1C. The average Bonchev–Trinajstić information content (AvgIpc) is 2.70. The fourth-order valence-corrected chi connectivity index (χ4v) is 5.30. The van der Waals surface area contributed by atoms with Crippen molar-refractivity contribution in [3.63, 3.8) is 0 Å². The fourth-order valence-electron chi connectivity index (χ4n) is 3.60. The van der Waals surface area contributed by atoms with Crippen LogP contribution in [-0.2, 0) is 10.0 Å². The number of sulfonamides is 1. The summed E-state index contributed by atoms with van der Waals surface area (Å²) in [5, 5.41) is 3.16. The molecule has 0 bridgehead atoms. The van der Waals surface area contributed by atoms with Crippen molar-refractivity contribution >= 4 is 27.5 Å². The first-order valence-electron chi connectivity index (χ1n) is 10.3. The van der Waals surface area contributed by atoms with Crippen molar-refractivity contribution in [2.24, 2.45) is 5.92 Å². The molecule has 2 aromatic rings. The van der Waals surface area contributed by atoms with Crippen LogP contribution >= 0.6 is 11.6 Å².